The molecule has 60 heavy (non-hydrogen) atoms. The zero-order chi connectivity index (χ0) is 40.1. The smallest absolute Gasteiger partial charge is 0.163 e. The Balaban J connectivity index is 1.11. The molecule has 6 aromatic carbocycles. The fourth-order valence-corrected chi connectivity index (χ4v) is 8.92. The minimum atomic E-state index is -0.0606. The number of nitrogens with zero attached hydrogens (tertiary/aromatic N) is 3. The Labute approximate surface area is 354 Å². The fourth-order valence-electron chi connectivity index (χ4n) is 8.92. The maximum atomic E-state index is 5.48. The first kappa shape index (κ1) is 37.3. The highest BCUT2D eigenvalue weighted by Crippen LogP contribution is 2.41. The van der Waals surface area contributed by atoms with Crippen molar-refractivity contribution in [2.45, 2.75) is 50.4 Å². The van der Waals surface area contributed by atoms with E-state index >= 15 is 0 Å². The van der Waals surface area contributed by atoms with Crippen molar-refractivity contribution in [1.29, 1.82) is 0 Å². The molecule has 2 atom stereocenters. The molecule has 3 aliphatic carbocycles. The van der Waals surface area contributed by atoms with Gasteiger partial charge in [0.15, 0.2) is 11.6 Å². The SMILES string of the molecule is C1=CCCC(c2nc(-c3cc(-c4cccc(-c5ccccc5)c4)cc(C4CC=CCC4)c3)nc(C3C=C(c4ccccc4)C=C(c4cccc(-c5ccccc5)c4)C3)n2)=C1. The molecule has 0 spiro atoms. The van der Waals surface area contributed by atoms with E-state index < -0.39 is 0 Å². The summed E-state index contributed by atoms with van der Waals surface area (Å²) in [6.07, 6.45) is 21.9. The molecule has 0 aliphatic heterocycles. The molecule has 0 fully saturated rings. The molecule has 3 aliphatic rings. The van der Waals surface area contributed by atoms with Crippen molar-refractivity contribution in [3.8, 4) is 44.8 Å². The van der Waals surface area contributed by atoms with E-state index in [4.69, 9.17) is 15.0 Å². The first-order valence-corrected chi connectivity index (χ1v) is 21.4. The quantitative estimate of drug-likeness (QED) is 0.137. The molecule has 3 heteroatoms. The first-order valence-electron chi connectivity index (χ1n) is 21.4. The lowest BCUT2D eigenvalue weighted by molar-refractivity contribution is 0.617. The molecular weight excluding hydrogens is 727 g/mol. The highest BCUT2D eigenvalue weighted by molar-refractivity contribution is 5.88. The predicted molar refractivity (Wildman–Crippen MR) is 250 cm³/mol. The molecule has 0 saturated carbocycles. The van der Waals surface area contributed by atoms with Crippen molar-refractivity contribution in [2.75, 3.05) is 0 Å². The second-order valence-electron chi connectivity index (χ2n) is 16.2. The lowest BCUT2D eigenvalue weighted by Gasteiger charge is -2.23. The van der Waals surface area contributed by atoms with Crippen molar-refractivity contribution in [1.82, 2.24) is 15.0 Å². The summed E-state index contributed by atoms with van der Waals surface area (Å²) in [6.45, 7) is 0. The third kappa shape index (κ3) is 8.17. The Morgan fingerprint density at radius 3 is 1.72 bits per heavy atom. The number of allylic oxidation sites excluding steroid dienone is 10. The van der Waals surface area contributed by atoms with E-state index in [0.717, 1.165) is 67.1 Å². The Hall–Kier alpha value is -6.97. The largest absolute Gasteiger partial charge is 0.213 e. The van der Waals surface area contributed by atoms with Crippen LogP contribution in [0, 0.1) is 0 Å². The van der Waals surface area contributed by atoms with E-state index in [1.165, 1.54) is 61.2 Å². The zero-order valence-electron chi connectivity index (χ0n) is 33.8. The average Bonchev–Trinajstić information content (AvgIpc) is 3.35. The topological polar surface area (TPSA) is 38.7 Å². The van der Waals surface area contributed by atoms with Gasteiger partial charge in [0, 0.05) is 11.5 Å². The van der Waals surface area contributed by atoms with Crippen LogP contribution in [0.25, 0.3) is 61.5 Å². The third-order valence-electron chi connectivity index (χ3n) is 12.1. The molecule has 10 rings (SSSR count). The lowest BCUT2D eigenvalue weighted by Crippen LogP contribution is -2.12. The van der Waals surface area contributed by atoms with Gasteiger partial charge in [-0.15, -0.1) is 0 Å². The summed E-state index contributed by atoms with van der Waals surface area (Å²) in [6, 6.07) is 57.0. The summed E-state index contributed by atoms with van der Waals surface area (Å²) in [5.74, 6) is 2.69. The van der Waals surface area contributed by atoms with Gasteiger partial charge in [-0.3, -0.25) is 0 Å². The van der Waals surface area contributed by atoms with Crippen molar-refractivity contribution >= 4 is 16.7 Å². The highest BCUT2D eigenvalue weighted by Gasteiger charge is 2.25. The van der Waals surface area contributed by atoms with Gasteiger partial charge in [-0.2, -0.15) is 0 Å². The van der Waals surface area contributed by atoms with E-state index in [1.54, 1.807) is 0 Å². The van der Waals surface area contributed by atoms with Gasteiger partial charge in [-0.05, 0) is 135 Å². The van der Waals surface area contributed by atoms with Crippen LogP contribution in [0.2, 0.25) is 0 Å². The van der Waals surface area contributed by atoms with Crippen molar-refractivity contribution in [3.63, 3.8) is 0 Å². The van der Waals surface area contributed by atoms with Crippen molar-refractivity contribution in [2.24, 2.45) is 0 Å². The Kier molecular flexibility index (Phi) is 10.6. The molecule has 0 bridgehead atoms. The predicted octanol–water partition coefficient (Wildman–Crippen LogP) is 14.8. The molecule has 3 nitrogen and oxygen atoms in total. The van der Waals surface area contributed by atoms with Gasteiger partial charge in [0.05, 0.1) is 0 Å². The second kappa shape index (κ2) is 17.1. The van der Waals surface area contributed by atoms with Crippen LogP contribution in [0.15, 0.2) is 200 Å². The summed E-state index contributed by atoms with van der Waals surface area (Å²) in [5, 5.41) is 0. The van der Waals surface area contributed by atoms with E-state index in [9.17, 15) is 0 Å². The van der Waals surface area contributed by atoms with Gasteiger partial charge in [0.25, 0.3) is 0 Å². The number of benzene rings is 6. The van der Waals surface area contributed by atoms with E-state index in [-0.39, 0.29) is 5.92 Å². The molecule has 7 aromatic rings. The molecule has 0 N–H and O–H groups in total. The maximum absolute atomic E-state index is 5.48. The maximum Gasteiger partial charge on any atom is 0.163 e. The first-order chi connectivity index (χ1) is 29.7. The summed E-state index contributed by atoms with van der Waals surface area (Å²) in [4.78, 5) is 16.2. The highest BCUT2D eigenvalue weighted by atomic mass is 15.0. The van der Waals surface area contributed by atoms with E-state index in [1.807, 2.05) is 0 Å². The van der Waals surface area contributed by atoms with Crippen LogP contribution < -0.4 is 0 Å². The minimum Gasteiger partial charge on any atom is -0.213 e. The summed E-state index contributed by atoms with van der Waals surface area (Å²) < 4.78 is 0. The van der Waals surface area contributed by atoms with Gasteiger partial charge in [0.2, 0.25) is 0 Å². The van der Waals surface area contributed by atoms with Gasteiger partial charge in [0.1, 0.15) is 5.82 Å². The van der Waals surface area contributed by atoms with Crippen LogP contribution in [0.1, 0.15) is 78.7 Å². The molecule has 0 radical (unpaired) electrons. The van der Waals surface area contributed by atoms with Crippen LogP contribution >= 0.6 is 0 Å². The zero-order valence-corrected chi connectivity index (χ0v) is 33.8. The van der Waals surface area contributed by atoms with Gasteiger partial charge >= 0.3 is 0 Å². The van der Waals surface area contributed by atoms with Crippen LogP contribution in [0.4, 0.5) is 0 Å². The summed E-state index contributed by atoms with van der Waals surface area (Å²) in [5.41, 5.74) is 15.6. The standard InChI is InChI=1S/C57H47N3/c1-6-18-40(19-7-1)45-28-16-30-47(32-45)51-34-49(42-22-10-3-11-23-42)36-53(38-51)56-58-55(44-26-14-5-15-27-44)59-57(60-56)54-37-50(43-24-12-4-13-25-43)35-52(39-54)48-31-17-29-46(33-48)41-20-8-2-9-21-41/h1-12,14,16-23,26,28-37,39,43,53H,13,15,24-25,27,38H2. The fraction of sp³-hybridized carbons (Fsp3) is 0.140. The molecule has 1 heterocycles. The summed E-state index contributed by atoms with van der Waals surface area (Å²) in [7, 11) is 0. The Morgan fingerprint density at radius 1 is 0.450 bits per heavy atom. The Morgan fingerprint density at radius 2 is 1.05 bits per heavy atom. The van der Waals surface area contributed by atoms with Gasteiger partial charge in [-0.25, -0.2) is 15.0 Å². The summed E-state index contributed by atoms with van der Waals surface area (Å²) >= 11 is 0. The van der Waals surface area contributed by atoms with Crippen LogP contribution in [0.3, 0.4) is 0 Å². The van der Waals surface area contributed by atoms with Gasteiger partial charge in [-0.1, -0.05) is 176 Å². The van der Waals surface area contributed by atoms with E-state index in [2.05, 4.69) is 200 Å². The molecule has 1 aromatic heterocycles. The number of hydrogen-bond acceptors (Lipinski definition) is 3. The average molecular weight is 774 g/mol. The molecular formula is C57H47N3. The molecule has 290 valence electrons. The monoisotopic (exact) mass is 773 g/mol. The van der Waals surface area contributed by atoms with Crippen LogP contribution in [0.5, 0.6) is 0 Å². The van der Waals surface area contributed by atoms with Crippen LogP contribution in [-0.4, -0.2) is 15.0 Å². The number of rotatable bonds is 9. The Bertz CT molecular complexity index is 2810. The second-order valence-corrected chi connectivity index (χ2v) is 16.2. The minimum absolute atomic E-state index is 0.0606. The van der Waals surface area contributed by atoms with E-state index in [0.29, 0.717) is 5.92 Å². The molecule has 0 amide bonds. The number of aromatic nitrogens is 3. The number of hydrogen-bond donors (Lipinski definition) is 0. The molecule has 0 saturated heterocycles. The van der Waals surface area contributed by atoms with Crippen LogP contribution in [-0.2, 0) is 0 Å². The van der Waals surface area contributed by atoms with Gasteiger partial charge < -0.3 is 0 Å². The van der Waals surface area contributed by atoms with Crippen molar-refractivity contribution in [3.05, 3.63) is 229 Å². The normalized spacial score (nSPS) is 17.4. The third-order valence-corrected chi connectivity index (χ3v) is 12.1. The van der Waals surface area contributed by atoms with Crippen molar-refractivity contribution < 1.29 is 0 Å². The molecule has 2 unspecified atom stereocenters. The lowest BCUT2D eigenvalue weighted by atomic mass is 9.83.